The number of pyridine rings is 2. The molecular weight excluding hydrogens is 849 g/mol. The van der Waals surface area contributed by atoms with E-state index in [2.05, 4.69) is 33.8 Å². The monoisotopic (exact) mass is 892 g/mol. The quantitative estimate of drug-likeness (QED) is 0.0920. The number of nitrogens with zero attached hydrogens (tertiary/aromatic N) is 2. The molecule has 0 spiro atoms. The van der Waals surface area contributed by atoms with Crippen molar-refractivity contribution in [2.45, 2.75) is 0 Å². The molecule has 2 amide bonds. The van der Waals surface area contributed by atoms with Crippen LogP contribution in [-0.4, -0.2) is 48.2 Å². The molecule has 10 nitrogen and oxygen atoms in total. The predicted molar refractivity (Wildman–Crippen MR) is 271 cm³/mol. The number of benzene rings is 8. The summed E-state index contributed by atoms with van der Waals surface area (Å²) < 4.78 is 25.4. The first-order valence-electron chi connectivity index (χ1n) is 22.1. The Labute approximate surface area is 392 Å². The van der Waals surface area contributed by atoms with E-state index in [4.69, 9.17) is 18.9 Å². The number of nitrogens with one attached hydrogen (secondary N) is 2. The first kappa shape index (κ1) is 42.9. The topological polar surface area (TPSA) is 121 Å². The molecule has 10 aromatic rings. The van der Waals surface area contributed by atoms with E-state index in [1.54, 1.807) is 12.4 Å². The summed E-state index contributed by atoms with van der Waals surface area (Å²) in [5.41, 5.74) is 4.60. The average molecular weight is 893 g/mol. The van der Waals surface area contributed by atoms with Gasteiger partial charge in [0.2, 0.25) is 0 Å². The number of carbonyl (C=O) groups excluding carboxylic acids is 2. The minimum Gasteiger partial charge on any atom is -0.488 e. The zero-order valence-electron chi connectivity index (χ0n) is 36.9. The molecule has 0 aliphatic heterocycles. The van der Waals surface area contributed by atoms with Crippen molar-refractivity contribution < 1.29 is 28.5 Å². The van der Waals surface area contributed by atoms with Crippen LogP contribution >= 0.6 is 0 Å². The molecule has 10 rings (SSSR count). The SMILES string of the molecule is C=C(COc1cc2ccccc2cc1OCC(=C)COc1cc2ccccc2cc1C(=O)Nc1cccc2cccnc12)COc1cc2ccccc2cc1C(=O)Nc1cccc2cccnc12. The lowest BCUT2D eigenvalue weighted by Crippen LogP contribution is -2.16. The minimum absolute atomic E-state index is 0.0833. The summed E-state index contributed by atoms with van der Waals surface area (Å²) in [6.07, 6.45) is 3.41. The van der Waals surface area contributed by atoms with E-state index in [9.17, 15) is 9.59 Å². The van der Waals surface area contributed by atoms with Gasteiger partial charge in [0.1, 0.15) is 37.9 Å². The maximum atomic E-state index is 13.9. The van der Waals surface area contributed by atoms with Gasteiger partial charge in [-0.15, -0.1) is 0 Å². The molecule has 0 aliphatic carbocycles. The normalized spacial score (nSPS) is 11.1. The third-order valence-corrected chi connectivity index (χ3v) is 11.5. The van der Waals surface area contributed by atoms with E-state index in [1.165, 1.54) is 0 Å². The third-order valence-electron chi connectivity index (χ3n) is 11.5. The number of carbonyl (C=O) groups is 2. The van der Waals surface area contributed by atoms with Gasteiger partial charge in [0, 0.05) is 23.2 Å². The number of para-hydroxylation sites is 2. The molecule has 0 unspecified atom stereocenters. The first-order valence-corrected chi connectivity index (χ1v) is 22.1. The van der Waals surface area contributed by atoms with E-state index >= 15 is 0 Å². The van der Waals surface area contributed by atoms with Crippen LogP contribution in [-0.2, 0) is 0 Å². The molecule has 2 aromatic heterocycles. The van der Waals surface area contributed by atoms with Crippen molar-refractivity contribution in [2.75, 3.05) is 37.1 Å². The zero-order chi connectivity index (χ0) is 46.4. The Morgan fingerprint density at radius 3 is 1.07 bits per heavy atom. The van der Waals surface area contributed by atoms with Crippen molar-refractivity contribution in [3.05, 3.63) is 218 Å². The van der Waals surface area contributed by atoms with Crippen LogP contribution in [0.5, 0.6) is 23.0 Å². The summed E-state index contributed by atoms with van der Waals surface area (Å²) in [4.78, 5) is 36.8. The molecule has 68 heavy (non-hydrogen) atoms. The fourth-order valence-electron chi connectivity index (χ4n) is 8.05. The van der Waals surface area contributed by atoms with Gasteiger partial charge < -0.3 is 29.6 Å². The van der Waals surface area contributed by atoms with Gasteiger partial charge in [-0.1, -0.05) is 122 Å². The standard InChI is InChI=1S/C58H44N4O6/c1-37(33-65-51-29-43-15-5-3-13-41(43)27-47(51)57(63)61-49-23-9-19-39-21-11-25-59-55(39)49)35-67-53-31-45-17-7-8-18-46(45)32-54(53)68-36-38(2)34-66-52-30-44-16-6-4-14-42(44)28-48(52)58(64)62-50-24-10-20-40-22-12-26-60-56(40)50/h3-32H,1-2,33-36H2,(H,61,63)(H,62,64). The van der Waals surface area contributed by atoms with Crippen molar-refractivity contribution in [3.63, 3.8) is 0 Å². The van der Waals surface area contributed by atoms with Gasteiger partial charge >= 0.3 is 0 Å². The second-order valence-corrected chi connectivity index (χ2v) is 16.4. The number of anilines is 2. The number of ether oxygens (including phenoxy) is 4. The maximum Gasteiger partial charge on any atom is 0.259 e. The summed E-state index contributed by atoms with van der Waals surface area (Å²) in [5.74, 6) is 1.17. The van der Waals surface area contributed by atoms with E-state index in [0.29, 0.717) is 67.7 Å². The highest BCUT2D eigenvalue weighted by Crippen LogP contribution is 2.35. The molecule has 2 N–H and O–H groups in total. The molecule has 0 bridgehead atoms. The molecule has 0 aliphatic rings. The Kier molecular flexibility index (Phi) is 12.1. The molecule has 10 heteroatoms. The average Bonchev–Trinajstić information content (AvgIpc) is 3.37. The number of hydrogen-bond donors (Lipinski definition) is 2. The number of amides is 2. The Hall–Kier alpha value is -9.02. The van der Waals surface area contributed by atoms with Gasteiger partial charge in [0.25, 0.3) is 11.8 Å². The molecular formula is C58H44N4O6. The summed E-state index contributed by atoms with van der Waals surface area (Å²) >= 11 is 0. The molecule has 0 fully saturated rings. The molecule has 8 aromatic carbocycles. The van der Waals surface area contributed by atoms with Crippen molar-refractivity contribution in [2.24, 2.45) is 0 Å². The van der Waals surface area contributed by atoms with Gasteiger partial charge in [-0.2, -0.15) is 0 Å². The number of fused-ring (bicyclic) bond motifs is 5. The van der Waals surface area contributed by atoms with Crippen LogP contribution in [0.3, 0.4) is 0 Å². The van der Waals surface area contributed by atoms with E-state index in [0.717, 1.165) is 43.1 Å². The van der Waals surface area contributed by atoms with Gasteiger partial charge in [0.15, 0.2) is 11.5 Å². The van der Waals surface area contributed by atoms with Crippen LogP contribution in [0.2, 0.25) is 0 Å². The lowest BCUT2D eigenvalue weighted by molar-refractivity contribution is 0.101. The lowest BCUT2D eigenvalue weighted by Gasteiger charge is -2.18. The third kappa shape index (κ3) is 9.38. The van der Waals surface area contributed by atoms with Gasteiger partial charge in [0.05, 0.1) is 33.5 Å². The van der Waals surface area contributed by atoms with Crippen LogP contribution in [0.4, 0.5) is 11.4 Å². The fraction of sp³-hybridized carbons (Fsp3) is 0.0690. The summed E-state index contributed by atoms with van der Waals surface area (Å²) in [6, 6.07) is 53.8. The maximum absolute atomic E-state index is 13.9. The summed E-state index contributed by atoms with van der Waals surface area (Å²) in [5, 5.41) is 13.5. The zero-order valence-corrected chi connectivity index (χ0v) is 36.9. The van der Waals surface area contributed by atoms with Crippen molar-refractivity contribution in [1.29, 1.82) is 0 Å². The highest BCUT2D eigenvalue weighted by Gasteiger charge is 2.19. The molecule has 0 saturated heterocycles. The van der Waals surface area contributed by atoms with Gasteiger partial charge in [-0.25, -0.2) is 0 Å². The Balaban J connectivity index is 0.815. The van der Waals surface area contributed by atoms with Crippen LogP contribution in [0, 0.1) is 0 Å². The predicted octanol–water partition coefficient (Wildman–Crippen LogP) is 12.8. The molecule has 2 heterocycles. The molecule has 332 valence electrons. The van der Waals surface area contributed by atoms with Crippen LogP contribution in [0.25, 0.3) is 54.1 Å². The van der Waals surface area contributed by atoms with Gasteiger partial charge in [-0.3, -0.25) is 19.6 Å². The van der Waals surface area contributed by atoms with Crippen LogP contribution in [0.1, 0.15) is 20.7 Å². The number of hydrogen-bond acceptors (Lipinski definition) is 8. The minimum atomic E-state index is -0.325. The van der Waals surface area contributed by atoms with Crippen molar-refractivity contribution >= 4 is 77.3 Å². The van der Waals surface area contributed by atoms with Crippen LogP contribution in [0.15, 0.2) is 207 Å². The van der Waals surface area contributed by atoms with Crippen molar-refractivity contribution in [3.8, 4) is 23.0 Å². The van der Waals surface area contributed by atoms with E-state index in [-0.39, 0.29) is 38.2 Å². The van der Waals surface area contributed by atoms with E-state index < -0.39 is 0 Å². The summed E-state index contributed by atoms with van der Waals surface area (Å²) in [6.45, 7) is 8.90. The largest absolute Gasteiger partial charge is 0.488 e. The number of aromatic nitrogens is 2. The molecule has 0 saturated carbocycles. The Morgan fingerprint density at radius 1 is 0.382 bits per heavy atom. The first-order chi connectivity index (χ1) is 33.3. The highest BCUT2D eigenvalue weighted by atomic mass is 16.5. The molecule has 0 radical (unpaired) electrons. The Bertz CT molecular complexity index is 3340. The Morgan fingerprint density at radius 2 is 0.691 bits per heavy atom. The van der Waals surface area contributed by atoms with Gasteiger partial charge in [-0.05, 0) is 104 Å². The smallest absolute Gasteiger partial charge is 0.259 e. The lowest BCUT2D eigenvalue weighted by atomic mass is 10.0. The summed E-state index contributed by atoms with van der Waals surface area (Å²) in [7, 11) is 0. The second kappa shape index (κ2) is 19.2. The molecule has 0 atom stereocenters. The number of rotatable bonds is 16. The second-order valence-electron chi connectivity index (χ2n) is 16.4. The van der Waals surface area contributed by atoms with E-state index in [1.807, 2.05) is 170 Å². The fourth-order valence-corrected chi connectivity index (χ4v) is 8.05. The van der Waals surface area contributed by atoms with Crippen LogP contribution < -0.4 is 29.6 Å². The highest BCUT2D eigenvalue weighted by molar-refractivity contribution is 6.12. The van der Waals surface area contributed by atoms with Crippen molar-refractivity contribution in [1.82, 2.24) is 9.97 Å².